The highest BCUT2D eigenvalue weighted by Crippen LogP contribution is 2.20. The van der Waals surface area contributed by atoms with Crippen molar-refractivity contribution < 1.29 is 14.6 Å². The molecule has 1 aromatic rings. The van der Waals surface area contributed by atoms with Crippen LogP contribution in [0.5, 0.6) is 0 Å². The van der Waals surface area contributed by atoms with E-state index in [1.165, 1.54) is 12.8 Å². The second-order valence-electron chi connectivity index (χ2n) is 4.89. The summed E-state index contributed by atoms with van der Waals surface area (Å²) in [7, 11) is 0. The van der Waals surface area contributed by atoms with Gasteiger partial charge in [0.2, 0.25) is 0 Å². The predicted molar refractivity (Wildman–Crippen MR) is 70.3 cm³/mol. The number of rotatable bonds is 7. The summed E-state index contributed by atoms with van der Waals surface area (Å²) in [5.74, 6) is 0. The van der Waals surface area contributed by atoms with Gasteiger partial charge in [0.15, 0.2) is 0 Å². The van der Waals surface area contributed by atoms with E-state index < -0.39 is 6.10 Å². The van der Waals surface area contributed by atoms with Gasteiger partial charge >= 0.3 is 0 Å². The zero-order valence-corrected chi connectivity index (χ0v) is 10.8. The number of benzene rings is 1. The van der Waals surface area contributed by atoms with E-state index in [0.717, 1.165) is 18.4 Å². The Morgan fingerprint density at radius 2 is 1.83 bits per heavy atom. The number of aliphatic hydroxyl groups is 1. The van der Waals surface area contributed by atoms with Crippen molar-refractivity contribution >= 4 is 0 Å². The Morgan fingerprint density at radius 1 is 1.11 bits per heavy atom. The summed E-state index contributed by atoms with van der Waals surface area (Å²) in [6.07, 6.45) is 4.62. The lowest BCUT2D eigenvalue weighted by molar-refractivity contribution is -0.0455. The summed E-state index contributed by atoms with van der Waals surface area (Å²) >= 11 is 0. The van der Waals surface area contributed by atoms with Crippen LogP contribution in [0.15, 0.2) is 30.3 Å². The first-order valence-corrected chi connectivity index (χ1v) is 6.76. The van der Waals surface area contributed by atoms with Gasteiger partial charge in [0.1, 0.15) is 6.10 Å². The summed E-state index contributed by atoms with van der Waals surface area (Å²) in [6, 6.07) is 9.98. The van der Waals surface area contributed by atoms with Crippen molar-refractivity contribution in [2.45, 2.75) is 44.5 Å². The molecule has 0 unspecified atom stereocenters. The molecule has 1 saturated carbocycles. The van der Waals surface area contributed by atoms with Gasteiger partial charge in [-0.05, 0) is 18.4 Å². The average molecular weight is 250 g/mol. The summed E-state index contributed by atoms with van der Waals surface area (Å²) in [6.45, 7) is 1.27. The number of aliphatic hydroxyl groups excluding tert-OH is 1. The molecular weight excluding hydrogens is 228 g/mol. The molecule has 1 fully saturated rings. The van der Waals surface area contributed by atoms with E-state index >= 15 is 0 Å². The Morgan fingerprint density at radius 3 is 2.56 bits per heavy atom. The highest BCUT2D eigenvalue weighted by Gasteiger charge is 2.16. The van der Waals surface area contributed by atoms with Gasteiger partial charge in [-0.1, -0.05) is 43.2 Å². The van der Waals surface area contributed by atoms with Crippen LogP contribution in [-0.2, 0) is 16.1 Å². The fourth-order valence-electron chi connectivity index (χ4n) is 2.24. The predicted octanol–water partition coefficient (Wildman–Crippen LogP) is 2.52. The van der Waals surface area contributed by atoms with Gasteiger partial charge in [0.25, 0.3) is 0 Å². The molecule has 0 bridgehead atoms. The van der Waals surface area contributed by atoms with Crippen LogP contribution >= 0.6 is 0 Å². The van der Waals surface area contributed by atoms with Crippen molar-refractivity contribution in [1.82, 2.24) is 0 Å². The lowest BCUT2D eigenvalue weighted by Crippen LogP contribution is -2.24. The molecule has 1 aliphatic rings. The molecule has 0 amide bonds. The molecule has 2 rings (SSSR count). The zero-order valence-electron chi connectivity index (χ0n) is 10.8. The van der Waals surface area contributed by atoms with E-state index in [1.54, 1.807) is 0 Å². The van der Waals surface area contributed by atoms with E-state index in [-0.39, 0.29) is 0 Å². The van der Waals surface area contributed by atoms with Crippen LogP contribution in [0.1, 0.15) is 31.2 Å². The molecule has 0 radical (unpaired) electrons. The molecule has 3 heteroatoms. The highest BCUT2D eigenvalue weighted by molar-refractivity contribution is 5.13. The summed E-state index contributed by atoms with van der Waals surface area (Å²) in [5, 5.41) is 9.74. The van der Waals surface area contributed by atoms with Gasteiger partial charge in [-0.15, -0.1) is 0 Å². The number of hydrogen-bond donors (Lipinski definition) is 1. The minimum absolute atomic E-state index is 0.335. The van der Waals surface area contributed by atoms with E-state index in [9.17, 15) is 5.11 Å². The molecule has 1 aliphatic carbocycles. The van der Waals surface area contributed by atoms with Crippen molar-refractivity contribution in [3.8, 4) is 0 Å². The minimum atomic E-state index is -0.519. The fraction of sp³-hybridized carbons (Fsp3) is 0.600. The van der Waals surface area contributed by atoms with Crippen molar-refractivity contribution in [3.63, 3.8) is 0 Å². The normalized spacial score (nSPS) is 18.1. The van der Waals surface area contributed by atoms with Gasteiger partial charge in [0.05, 0.1) is 25.9 Å². The van der Waals surface area contributed by atoms with Crippen molar-refractivity contribution in [2.24, 2.45) is 0 Å². The summed E-state index contributed by atoms with van der Waals surface area (Å²) in [5.41, 5.74) is 1.13. The van der Waals surface area contributed by atoms with E-state index in [0.29, 0.717) is 25.9 Å². The van der Waals surface area contributed by atoms with Crippen LogP contribution in [0, 0.1) is 0 Å². The lowest BCUT2D eigenvalue weighted by Gasteiger charge is -2.15. The molecule has 1 atom stereocenters. The molecule has 0 aliphatic heterocycles. The summed E-state index contributed by atoms with van der Waals surface area (Å²) < 4.78 is 11.1. The second kappa shape index (κ2) is 7.52. The topological polar surface area (TPSA) is 38.7 Å². The molecule has 3 nitrogen and oxygen atoms in total. The Bertz CT molecular complexity index is 320. The molecule has 1 aromatic carbocycles. The maximum absolute atomic E-state index is 9.74. The largest absolute Gasteiger partial charge is 0.388 e. The van der Waals surface area contributed by atoms with Gasteiger partial charge in [-0.2, -0.15) is 0 Å². The van der Waals surface area contributed by atoms with Crippen LogP contribution in [0.3, 0.4) is 0 Å². The van der Waals surface area contributed by atoms with Crippen LogP contribution < -0.4 is 0 Å². The Hall–Kier alpha value is -0.900. The first-order chi connectivity index (χ1) is 8.84. The average Bonchev–Trinajstić information content (AvgIpc) is 2.91. The fourth-order valence-corrected chi connectivity index (χ4v) is 2.24. The van der Waals surface area contributed by atoms with Crippen molar-refractivity contribution in [3.05, 3.63) is 35.9 Å². The Labute approximate surface area is 109 Å². The number of hydrogen-bond acceptors (Lipinski definition) is 3. The van der Waals surface area contributed by atoms with Crippen molar-refractivity contribution in [2.75, 3.05) is 13.2 Å². The summed E-state index contributed by atoms with van der Waals surface area (Å²) in [4.78, 5) is 0. The standard InChI is InChI=1S/C15H22O3/c16-14(12-18-15-8-4-5-9-15)11-17-10-13-6-2-1-3-7-13/h1-3,6-7,14-16H,4-5,8-12H2/t14-/m1/s1. The molecule has 100 valence electrons. The number of ether oxygens (including phenoxy) is 2. The monoisotopic (exact) mass is 250 g/mol. The molecule has 0 aromatic heterocycles. The third-order valence-electron chi connectivity index (χ3n) is 3.25. The Kier molecular flexibility index (Phi) is 5.65. The van der Waals surface area contributed by atoms with Crippen LogP contribution in [0.2, 0.25) is 0 Å². The van der Waals surface area contributed by atoms with Gasteiger partial charge in [0, 0.05) is 0 Å². The first-order valence-electron chi connectivity index (χ1n) is 6.76. The van der Waals surface area contributed by atoms with Crippen molar-refractivity contribution in [1.29, 1.82) is 0 Å². The molecule has 0 heterocycles. The maximum Gasteiger partial charge on any atom is 0.101 e. The van der Waals surface area contributed by atoms with Gasteiger partial charge < -0.3 is 14.6 Å². The third kappa shape index (κ3) is 4.77. The van der Waals surface area contributed by atoms with Gasteiger partial charge in [-0.25, -0.2) is 0 Å². The van der Waals surface area contributed by atoms with Crippen LogP contribution in [-0.4, -0.2) is 30.5 Å². The second-order valence-corrected chi connectivity index (χ2v) is 4.89. The quantitative estimate of drug-likeness (QED) is 0.808. The SMILES string of the molecule is O[C@H](COCc1ccccc1)COC1CCCC1. The molecule has 18 heavy (non-hydrogen) atoms. The molecule has 0 spiro atoms. The maximum atomic E-state index is 9.74. The third-order valence-corrected chi connectivity index (χ3v) is 3.25. The molecular formula is C15H22O3. The molecule has 0 saturated heterocycles. The highest BCUT2D eigenvalue weighted by atomic mass is 16.5. The van der Waals surface area contributed by atoms with Crippen LogP contribution in [0.4, 0.5) is 0 Å². The van der Waals surface area contributed by atoms with E-state index in [2.05, 4.69) is 0 Å². The smallest absolute Gasteiger partial charge is 0.101 e. The zero-order chi connectivity index (χ0) is 12.6. The first kappa shape index (κ1) is 13.5. The minimum Gasteiger partial charge on any atom is -0.388 e. The van der Waals surface area contributed by atoms with E-state index in [4.69, 9.17) is 9.47 Å². The van der Waals surface area contributed by atoms with Crippen LogP contribution in [0.25, 0.3) is 0 Å². The lowest BCUT2D eigenvalue weighted by atomic mass is 10.2. The Balaban J connectivity index is 1.55. The van der Waals surface area contributed by atoms with E-state index in [1.807, 2.05) is 30.3 Å². The molecule has 1 N–H and O–H groups in total. The van der Waals surface area contributed by atoms with Gasteiger partial charge in [-0.3, -0.25) is 0 Å².